The predicted molar refractivity (Wildman–Crippen MR) is 68.0 cm³/mol. The van der Waals surface area contributed by atoms with Gasteiger partial charge >= 0.3 is 5.97 Å². The maximum Gasteiger partial charge on any atom is 0.318 e. The Kier molecular flexibility index (Phi) is 3.32. The molecular formula is C15H16O3. The van der Waals surface area contributed by atoms with E-state index in [0.717, 1.165) is 11.1 Å². The zero-order valence-electron chi connectivity index (χ0n) is 10.8. The van der Waals surface area contributed by atoms with Crippen molar-refractivity contribution in [1.82, 2.24) is 0 Å². The molecule has 1 aromatic carbocycles. The fourth-order valence-corrected chi connectivity index (χ4v) is 2.16. The molecular weight excluding hydrogens is 228 g/mol. The highest BCUT2D eigenvalue weighted by Gasteiger charge is 2.31. The zero-order valence-corrected chi connectivity index (χ0v) is 10.8. The number of hydrogen-bond acceptors (Lipinski definition) is 3. The summed E-state index contributed by atoms with van der Waals surface area (Å²) in [6.45, 7) is 5.16. The first-order valence-electron chi connectivity index (χ1n) is 5.98. The maximum atomic E-state index is 11.9. The highest BCUT2D eigenvalue weighted by Crippen LogP contribution is 2.32. The molecule has 0 aromatic heterocycles. The second-order valence-electron chi connectivity index (χ2n) is 4.68. The molecule has 0 amide bonds. The van der Waals surface area contributed by atoms with Crippen molar-refractivity contribution in [3.63, 3.8) is 0 Å². The average molecular weight is 244 g/mol. The van der Waals surface area contributed by atoms with Crippen LogP contribution in [0.15, 0.2) is 35.6 Å². The standard InChI is InChI=1S/C15H16O3/c1-9-4-6-12(7-5-9)14-8-13(10(2)16)11(3)18-15(14)17/h4-7,14H,8H2,1-3H3. The number of Topliss-reactive ketones (excluding diaryl/α,β-unsaturated/α-hetero) is 1. The van der Waals surface area contributed by atoms with Gasteiger partial charge in [0, 0.05) is 5.57 Å². The molecule has 3 heteroatoms. The summed E-state index contributed by atoms with van der Waals surface area (Å²) in [4.78, 5) is 23.4. The van der Waals surface area contributed by atoms with E-state index in [9.17, 15) is 9.59 Å². The maximum absolute atomic E-state index is 11.9. The fraction of sp³-hybridized carbons (Fsp3) is 0.333. The molecule has 0 spiro atoms. The summed E-state index contributed by atoms with van der Waals surface area (Å²) >= 11 is 0. The van der Waals surface area contributed by atoms with Gasteiger partial charge in [0.1, 0.15) is 5.76 Å². The molecule has 1 aliphatic rings. The third-order valence-corrected chi connectivity index (χ3v) is 3.28. The third-order valence-electron chi connectivity index (χ3n) is 3.28. The molecule has 1 unspecified atom stereocenters. The summed E-state index contributed by atoms with van der Waals surface area (Å²) in [5.74, 6) is -0.234. The lowest BCUT2D eigenvalue weighted by atomic mass is 9.88. The van der Waals surface area contributed by atoms with Crippen molar-refractivity contribution in [1.29, 1.82) is 0 Å². The van der Waals surface area contributed by atoms with E-state index in [1.165, 1.54) is 6.92 Å². The Morgan fingerprint density at radius 1 is 1.22 bits per heavy atom. The van der Waals surface area contributed by atoms with Gasteiger partial charge in [-0.1, -0.05) is 29.8 Å². The van der Waals surface area contributed by atoms with Crippen molar-refractivity contribution in [3.05, 3.63) is 46.7 Å². The Balaban J connectivity index is 2.33. The normalized spacial score (nSPS) is 19.7. The van der Waals surface area contributed by atoms with Gasteiger partial charge in [0.25, 0.3) is 0 Å². The van der Waals surface area contributed by atoms with Gasteiger partial charge in [0.15, 0.2) is 5.78 Å². The number of benzene rings is 1. The molecule has 1 heterocycles. The van der Waals surface area contributed by atoms with Gasteiger partial charge in [-0.25, -0.2) is 0 Å². The second-order valence-corrected chi connectivity index (χ2v) is 4.68. The number of hydrogen-bond donors (Lipinski definition) is 0. The van der Waals surface area contributed by atoms with Crippen molar-refractivity contribution in [2.45, 2.75) is 33.1 Å². The molecule has 1 atom stereocenters. The number of cyclic esters (lactones) is 1. The van der Waals surface area contributed by atoms with Crippen molar-refractivity contribution in [2.75, 3.05) is 0 Å². The van der Waals surface area contributed by atoms with Gasteiger partial charge in [0.2, 0.25) is 0 Å². The summed E-state index contributed by atoms with van der Waals surface area (Å²) in [5, 5.41) is 0. The predicted octanol–water partition coefficient (Wildman–Crippen LogP) is 2.89. The number of carbonyl (C=O) groups excluding carboxylic acids is 2. The third kappa shape index (κ3) is 2.35. The van der Waals surface area contributed by atoms with Crippen LogP contribution in [-0.4, -0.2) is 11.8 Å². The van der Waals surface area contributed by atoms with Crippen LogP contribution in [0.1, 0.15) is 37.3 Å². The molecule has 0 saturated carbocycles. The molecule has 2 rings (SSSR count). The Bertz CT molecular complexity index is 523. The summed E-state index contributed by atoms with van der Waals surface area (Å²) < 4.78 is 5.18. The first-order valence-corrected chi connectivity index (χ1v) is 5.98. The van der Waals surface area contributed by atoms with Crippen molar-refractivity contribution in [2.24, 2.45) is 0 Å². The molecule has 0 fully saturated rings. The monoisotopic (exact) mass is 244 g/mol. The number of esters is 1. The zero-order chi connectivity index (χ0) is 13.3. The van der Waals surface area contributed by atoms with Crippen LogP contribution in [0.4, 0.5) is 0 Å². The van der Waals surface area contributed by atoms with Crippen LogP contribution < -0.4 is 0 Å². The quantitative estimate of drug-likeness (QED) is 0.751. The molecule has 0 saturated heterocycles. The van der Waals surface area contributed by atoms with Crippen LogP contribution in [-0.2, 0) is 14.3 Å². The van der Waals surface area contributed by atoms with E-state index < -0.39 is 0 Å². The first-order chi connectivity index (χ1) is 8.49. The Morgan fingerprint density at radius 3 is 2.39 bits per heavy atom. The number of carbonyl (C=O) groups is 2. The molecule has 0 aliphatic carbocycles. The molecule has 1 aromatic rings. The summed E-state index contributed by atoms with van der Waals surface area (Å²) in [5.41, 5.74) is 2.65. The van der Waals surface area contributed by atoms with Crippen LogP contribution in [0.25, 0.3) is 0 Å². The van der Waals surface area contributed by atoms with E-state index in [1.807, 2.05) is 31.2 Å². The Labute approximate surface area is 106 Å². The lowest BCUT2D eigenvalue weighted by Crippen LogP contribution is -2.24. The number of allylic oxidation sites excluding steroid dienone is 2. The van der Waals surface area contributed by atoms with E-state index in [1.54, 1.807) is 6.92 Å². The molecule has 0 radical (unpaired) electrons. The van der Waals surface area contributed by atoms with Crippen LogP contribution in [0.2, 0.25) is 0 Å². The molecule has 1 aliphatic heterocycles. The molecule has 0 bridgehead atoms. The van der Waals surface area contributed by atoms with E-state index in [0.29, 0.717) is 17.8 Å². The van der Waals surface area contributed by atoms with Gasteiger partial charge in [-0.3, -0.25) is 9.59 Å². The van der Waals surface area contributed by atoms with Gasteiger partial charge in [-0.15, -0.1) is 0 Å². The molecule has 0 N–H and O–H groups in total. The minimum absolute atomic E-state index is 0.0305. The number of aryl methyl sites for hydroxylation is 1. The minimum Gasteiger partial charge on any atom is -0.430 e. The number of ether oxygens (including phenoxy) is 1. The lowest BCUT2D eigenvalue weighted by Gasteiger charge is -2.23. The molecule has 94 valence electrons. The highest BCUT2D eigenvalue weighted by atomic mass is 16.5. The van der Waals surface area contributed by atoms with E-state index in [4.69, 9.17) is 4.74 Å². The highest BCUT2D eigenvalue weighted by molar-refractivity contribution is 5.96. The minimum atomic E-state index is -0.367. The van der Waals surface area contributed by atoms with Gasteiger partial charge in [-0.2, -0.15) is 0 Å². The van der Waals surface area contributed by atoms with Crippen molar-refractivity contribution < 1.29 is 14.3 Å². The van der Waals surface area contributed by atoms with E-state index in [2.05, 4.69) is 0 Å². The summed E-state index contributed by atoms with van der Waals surface area (Å²) in [7, 11) is 0. The smallest absolute Gasteiger partial charge is 0.318 e. The molecule has 18 heavy (non-hydrogen) atoms. The van der Waals surface area contributed by atoms with Crippen LogP contribution >= 0.6 is 0 Å². The van der Waals surface area contributed by atoms with Crippen molar-refractivity contribution in [3.8, 4) is 0 Å². The number of ketones is 1. The van der Waals surface area contributed by atoms with Gasteiger partial charge < -0.3 is 4.74 Å². The number of rotatable bonds is 2. The second kappa shape index (κ2) is 4.77. The SMILES string of the molecule is CC(=O)C1=C(C)OC(=O)C(c2ccc(C)cc2)C1. The largest absolute Gasteiger partial charge is 0.430 e. The molecule has 3 nitrogen and oxygen atoms in total. The first kappa shape index (κ1) is 12.6. The van der Waals surface area contributed by atoms with Crippen LogP contribution in [0.3, 0.4) is 0 Å². The van der Waals surface area contributed by atoms with Gasteiger partial charge in [0.05, 0.1) is 5.92 Å². The average Bonchev–Trinajstić information content (AvgIpc) is 2.30. The van der Waals surface area contributed by atoms with Crippen molar-refractivity contribution >= 4 is 11.8 Å². The van der Waals surface area contributed by atoms with E-state index >= 15 is 0 Å². The Morgan fingerprint density at radius 2 is 1.83 bits per heavy atom. The summed E-state index contributed by atoms with van der Waals surface area (Å²) in [6.07, 6.45) is 0.434. The summed E-state index contributed by atoms with van der Waals surface area (Å²) in [6, 6.07) is 7.75. The fourth-order valence-electron chi connectivity index (χ4n) is 2.16. The van der Waals surface area contributed by atoms with E-state index in [-0.39, 0.29) is 17.7 Å². The van der Waals surface area contributed by atoms with Crippen LogP contribution in [0, 0.1) is 6.92 Å². The lowest BCUT2D eigenvalue weighted by molar-refractivity contribution is -0.142. The topological polar surface area (TPSA) is 43.4 Å². The van der Waals surface area contributed by atoms with Gasteiger partial charge in [-0.05, 0) is 32.8 Å². The van der Waals surface area contributed by atoms with Crippen LogP contribution in [0.5, 0.6) is 0 Å². The Hall–Kier alpha value is -1.90.